The first kappa shape index (κ1) is 13.2. The van der Waals surface area contributed by atoms with Crippen molar-refractivity contribution < 1.29 is 4.79 Å². The Labute approximate surface area is 117 Å². The fourth-order valence-electron chi connectivity index (χ4n) is 1.48. The van der Waals surface area contributed by atoms with E-state index in [-0.39, 0.29) is 11.8 Å². The Hall–Kier alpha value is -1.21. The third-order valence-corrected chi connectivity index (χ3v) is 4.28. The van der Waals surface area contributed by atoms with Gasteiger partial charge in [0.2, 0.25) is 5.91 Å². The van der Waals surface area contributed by atoms with Gasteiger partial charge in [-0.3, -0.25) is 9.89 Å². The van der Waals surface area contributed by atoms with Gasteiger partial charge < -0.3 is 5.32 Å². The summed E-state index contributed by atoms with van der Waals surface area (Å²) in [5.74, 6) is 1.16. The number of aromatic nitrogens is 3. The molecule has 0 saturated carbocycles. The molecule has 2 N–H and O–H groups in total. The summed E-state index contributed by atoms with van der Waals surface area (Å²) in [4.78, 5) is 17.1. The third kappa shape index (κ3) is 3.17. The smallest absolute Gasteiger partial charge is 0.228 e. The quantitative estimate of drug-likeness (QED) is 0.905. The molecule has 18 heavy (non-hydrogen) atoms. The lowest BCUT2D eigenvalue weighted by Crippen LogP contribution is -2.27. The molecule has 0 aliphatic heterocycles. The van der Waals surface area contributed by atoms with Crippen molar-refractivity contribution in [2.24, 2.45) is 0 Å². The van der Waals surface area contributed by atoms with Crippen molar-refractivity contribution >= 4 is 33.2 Å². The van der Waals surface area contributed by atoms with Gasteiger partial charge in [-0.2, -0.15) is 5.10 Å². The van der Waals surface area contributed by atoms with Crippen molar-refractivity contribution in [1.29, 1.82) is 0 Å². The minimum Gasteiger partial charge on any atom is -0.348 e. The second kappa shape index (κ2) is 5.62. The van der Waals surface area contributed by atoms with Gasteiger partial charge >= 0.3 is 0 Å². The fourth-order valence-corrected chi connectivity index (χ4v) is 2.95. The highest BCUT2D eigenvalue weighted by molar-refractivity contribution is 9.11. The molecule has 1 amide bonds. The highest BCUT2D eigenvalue weighted by Gasteiger charge is 2.17. The Kier molecular flexibility index (Phi) is 4.13. The molecule has 0 spiro atoms. The van der Waals surface area contributed by atoms with E-state index in [1.54, 1.807) is 11.3 Å². The number of carbonyl (C=O) groups is 1. The predicted molar refractivity (Wildman–Crippen MR) is 73.4 cm³/mol. The van der Waals surface area contributed by atoms with Gasteiger partial charge in [0, 0.05) is 4.88 Å². The number of H-pyrrole nitrogens is 1. The molecule has 2 aromatic rings. The van der Waals surface area contributed by atoms with Crippen LogP contribution in [0.5, 0.6) is 0 Å². The predicted octanol–water partition coefficient (Wildman–Crippen LogP) is 2.36. The van der Waals surface area contributed by atoms with Crippen LogP contribution in [0.25, 0.3) is 0 Å². The van der Waals surface area contributed by atoms with E-state index >= 15 is 0 Å². The average Bonchev–Trinajstić information content (AvgIpc) is 2.94. The van der Waals surface area contributed by atoms with E-state index in [9.17, 15) is 4.79 Å². The van der Waals surface area contributed by atoms with Gasteiger partial charge in [0.15, 0.2) is 5.82 Å². The van der Waals surface area contributed by atoms with E-state index in [4.69, 9.17) is 0 Å². The number of rotatable bonds is 4. The first-order chi connectivity index (χ1) is 8.56. The van der Waals surface area contributed by atoms with Crippen LogP contribution in [-0.2, 0) is 11.3 Å². The molecule has 0 saturated heterocycles. The molecule has 2 aromatic heterocycles. The molecule has 0 aliphatic carbocycles. The summed E-state index contributed by atoms with van der Waals surface area (Å²) in [7, 11) is 0. The number of carbonyl (C=O) groups excluding carboxylic acids is 1. The van der Waals surface area contributed by atoms with E-state index in [0.29, 0.717) is 12.4 Å². The maximum absolute atomic E-state index is 11.9. The van der Waals surface area contributed by atoms with E-state index in [1.165, 1.54) is 0 Å². The molecule has 0 aromatic carbocycles. The zero-order chi connectivity index (χ0) is 13.1. The molecular formula is C11H13BrN4OS. The first-order valence-corrected chi connectivity index (χ1v) is 7.08. The van der Waals surface area contributed by atoms with E-state index in [0.717, 1.165) is 14.5 Å². The Balaban J connectivity index is 1.92. The first-order valence-electron chi connectivity index (χ1n) is 5.47. The summed E-state index contributed by atoms with van der Waals surface area (Å²) in [6.45, 7) is 4.06. The van der Waals surface area contributed by atoms with Crippen LogP contribution in [0.3, 0.4) is 0 Å². The van der Waals surface area contributed by atoms with Crippen molar-refractivity contribution in [2.45, 2.75) is 26.3 Å². The number of aromatic amines is 1. The minimum absolute atomic E-state index is 0.0215. The van der Waals surface area contributed by atoms with Crippen LogP contribution < -0.4 is 5.32 Å². The number of nitrogens with one attached hydrogen (secondary N) is 2. The van der Waals surface area contributed by atoms with Crippen LogP contribution in [-0.4, -0.2) is 21.1 Å². The Bertz CT molecular complexity index is 551. The number of halogens is 1. The van der Waals surface area contributed by atoms with Gasteiger partial charge in [-0.25, -0.2) is 4.98 Å². The topological polar surface area (TPSA) is 70.7 Å². The van der Waals surface area contributed by atoms with Crippen molar-refractivity contribution in [1.82, 2.24) is 20.5 Å². The van der Waals surface area contributed by atoms with Crippen molar-refractivity contribution in [3.05, 3.63) is 32.4 Å². The van der Waals surface area contributed by atoms with E-state index in [2.05, 4.69) is 36.4 Å². The van der Waals surface area contributed by atoms with Gasteiger partial charge in [0.25, 0.3) is 0 Å². The van der Waals surface area contributed by atoms with Gasteiger partial charge in [-0.15, -0.1) is 11.3 Å². The summed E-state index contributed by atoms with van der Waals surface area (Å²) in [5, 5.41) is 9.54. The van der Waals surface area contributed by atoms with Crippen LogP contribution in [0, 0.1) is 6.92 Å². The maximum Gasteiger partial charge on any atom is 0.228 e. The van der Waals surface area contributed by atoms with Gasteiger partial charge in [-0.1, -0.05) is 0 Å². The van der Waals surface area contributed by atoms with Crippen LogP contribution >= 0.6 is 27.3 Å². The number of thiophene rings is 1. The number of nitrogens with zero attached hydrogens (tertiary/aromatic N) is 2. The van der Waals surface area contributed by atoms with Gasteiger partial charge in [-0.05, 0) is 41.9 Å². The minimum atomic E-state index is -0.165. The highest BCUT2D eigenvalue weighted by Crippen LogP contribution is 2.28. The summed E-state index contributed by atoms with van der Waals surface area (Å²) in [6, 6.07) is 3.90. The normalized spacial score (nSPS) is 12.4. The monoisotopic (exact) mass is 328 g/mol. The molecule has 0 bridgehead atoms. The van der Waals surface area contributed by atoms with Crippen LogP contribution in [0.4, 0.5) is 0 Å². The number of amides is 1. The molecule has 5 nitrogen and oxygen atoms in total. The highest BCUT2D eigenvalue weighted by atomic mass is 79.9. The van der Waals surface area contributed by atoms with Crippen molar-refractivity contribution in [3.63, 3.8) is 0 Å². The molecule has 0 unspecified atom stereocenters. The van der Waals surface area contributed by atoms with Crippen molar-refractivity contribution in [2.75, 3.05) is 0 Å². The lowest BCUT2D eigenvalue weighted by atomic mass is 10.1. The maximum atomic E-state index is 11.9. The average molecular weight is 329 g/mol. The largest absolute Gasteiger partial charge is 0.348 e. The summed E-state index contributed by atoms with van der Waals surface area (Å²) in [5.41, 5.74) is 0. The Morgan fingerprint density at radius 2 is 2.39 bits per heavy atom. The molecule has 96 valence electrons. The zero-order valence-corrected chi connectivity index (χ0v) is 12.4. The Morgan fingerprint density at radius 1 is 1.61 bits per heavy atom. The van der Waals surface area contributed by atoms with E-state index < -0.39 is 0 Å². The molecule has 1 atom stereocenters. The molecule has 2 heterocycles. The van der Waals surface area contributed by atoms with Crippen molar-refractivity contribution in [3.8, 4) is 0 Å². The van der Waals surface area contributed by atoms with Crippen LogP contribution in [0.2, 0.25) is 0 Å². The van der Waals surface area contributed by atoms with Gasteiger partial charge in [0.1, 0.15) is 5.82 Å². The summed E-state index contributed by atoms with van der Waals surface area (Å²) in [6.07, 6.45) is 0. The number of aryl methyl sites for hydroxylation is 1. The Morgan fingerprint density at radius 3 is 2.94 bits per heavy atom. The molecule has 0 aliphatic rings. The standard InChI is InChI=1S/C11H13BrN4OS/c1-6(8-3-4-9(12)18-8)11(17)13-5-10-14-7(2)15-16-10/h3-4,6H,5H2,1-2H3,(H,13,17)(H,14,15,16)/t6-/m1/s1. The number of hydrogen-bond donors (Lipinski definition) is 2. The molecule has 2 rings (SSSR count). The lowest BCUT2D eigenvalue weighted by molar-refractivity contribution is -0.122. The summed E-state index contributed by atoms with van der Waals surface area (Å²) < 4.78 is 1.03. The second-order valence-electron chi connectivity index (χ2n) is 3.92. The molecule has 0 fully saturated rings. The zero-order valence-electron chi connectivity index (χ0n) is 10.0. The number of hydrogen-bond acceptors (Lipinski definition) is 4. The fraction of sp³-hybridized carbons (Fsp3) is 0.364. The van der Waals surface area contributed by atoms with Crippen LogP contribution in [0.1, 0.15) is 29.4 Å². The molecule has 7 heteroatoms. The molecule has 0 radical (unpaired) electrons. The summed E-state index contributed by atoms with van der Waals surface area (Å²) >= 11 is 4.96. The second-order valence-corrected chi connectivity index (χ2v) is 6.41. The SMILES string of the molecule is Cc1nc(CNC(=O)[C@H](C)c2ccc(Br)s2)n[nH]1. The third-order valence-electron chi connectivity index (χ3n) is 2.48. The van der Waals surface area contributed by atoms with Crippen LogP contribution in [0.15, 0.2) is 15.9 Å². The van der Waals surface area contributed by atoms with E-state index in [1.807, 2.05) is 26.0 Å². The van der Waals surface area contributed by atoms with Gasteiger partial charge in [0.05, 0.1) is 16.2 Å². The lowest BCUT2D eigenvalue weighted by Gasteiger charge is -2.08. The molecular weight excluding hydrogens is 316 g/mol.